The summed E-state index contributed by atoms with van der Waals surface area (Å²) in [5.41, 5.74) is 0.348. The molecule has 0 radical (unpaired) electrons. The minimum Gasteiger partial charge on any atom is -0.472 e. The highest BCUT2D eigenvalue weighted by Gasteiger charge is 2.34. The molecule has 144 valence electrons. The molecule has 0 bridgehead atoms. The first-order valence-electron chi connectivity index (χ1n) is 8.76. The summed E-state index contributed by atoms with van der Waals surface area (Å²) >= 11 is 3.34. The number of fused-ring (bicyclic) bond motifs is 1. The first kappa shape index (κ1) is 20.6. The van der Waals surface area contributed by atoms with E-state index in [2.05, 4.69) is 20.9 Å². The van der Waals surface area contributed by atoms with Gasteiger partial charge in [0.2, 0.25) is 11.8 Å². The van der Waals surface area contributed by atoms with Crippen LogP contribution in [0.25, 0.3) is 0 Å². The molecule has 0 spiro atoms. The van der Waals surface area contributed by atoms with E-state index in [-0.39, 0.29) is 42.4 Å². The smallest absolute Gasteiger partial charge is 0.259 e. The zero-order valence-corrected chi connectivity index (χ0v) is 17.2. The Kier molecular flexibility index (Phi) is 7.00. The lowest BCUT2D eigenvalue weighted by molar-refractivity contribution is -0.131. The van der Waals surface area contributed by atoms with Crippen LogP contribution in [-0.4, -0.2) is 70.6 Å². The Morgan fingerprint density at radius 3 is 2.88 bits per heavy atom. The van der Waals surface area contributed by atoms with Crippen molar-refractivity contribution in [3.63, 3.8) is 0 Å². The largest absolute Gasteiger partial charge is 0.472 e. The van der Waals surface area contributed by atoms with Crippen LogP contribution in [0.15, 0.2) is 16.7 Å². The molecule has 3 atom stereocenters. The highest BCUT2D eigenvalue weighted by Crippen LogP contribution is 2.28. The molecule has 1 aromatic rings. The van der Waals surface area contributed by atoms with Crippen molar-refractivity contribution in [2.24, 2.45) is 5.92 Å². The number of likely N-dealkylation sites (N-methyl/N-ethyl adjacent to an activating group) is 1. The Balaban J connectivity index is 2.40. The molecule has 0 aromatic carbocycles. The van der Waals surface area contributed by atoms with Crippen LogP contribution in [0.4, 0.5) is 0 Å². The summed E-state index contributed by atoms with van der Waals surface area (Å²) in [6.07, 6.45) is 1.69. The first-order valence-corrected chi connectivity index (χ1v) is 9.55. The Hall–Kier alpha value is -1.67. The van der Waals surface area contributed by atoms with Gasteiger partial charge >= 0.3 is 0 Å². The lowest BCUT2D eigenvalue weighted by Crippen LogP contribution is -2.50. The lowest BCUT2D eigenvalue weighted by atomic mass is 10.00. The van der Waals surface area contributed by atoms with Crippen LogP contribution in [0.5, 0.6) is 5.88 Å². The monoisotopic (exact) mass is 427 g/mol. The number of pyridine rings is 1. The quantitative estimate of drug-likeness (QED) is 0.775. The molecule has 0 saturated heterocycles. The van der Waals surface area contributed by atoms with Crippen LogP contribution in [0.1, 0.15) is 37.6 Å². The number of aliphatic hydroxyl groups is 1. The SMILES string of the molecule is CCC(=O)N(C)C[C@H]1Oc2ncc(Br)cc2C(=O)N([C@@H](C)CO)C[C@H]1C. The van der Waals surface area contributed by atoms with Gasteiger partial charge in [-0.15, -0.1) is 0 Å². The van der Waals surface area contributed by atoms with Gasteiger partial charge < -0.3 is 19.6 Å². The van der Waals surface area contributed by atoms with Gasteiger partial charge in [0.05, 0.1) is 19.2 Å². The van der Waals surface area contributed by atoms with Crippen LogP contribution >= 0.6 is 15.9 Å². The Morgan fingerprint density at radius 2 is 2.27 bits per heavy atom. The molecule has 0 fully saturated rings. The van der Waals surface area contributed by atoms with Crippen molar-refractivity contribution in [1.29, 1.82) is 0 Å². The van der Waals surface area contributed by atoms with Crippen molar-refractivity contribution >= 4 is 27.7 Å². The van der Waals surface area contributed by atoms with Crippen molar-refractivity contribution < 1.29 is 19.4 Å². The van der Waals surface area contributed by atoms with Crippen molar-refractivity contribution in [3.8, 4) is 5.88 Å². The van der Waals surface area contributed by atoms with E-state index in [9.17, 15) is 14.7 Å². The standard InChI is InChI=1S/C18H26BrN3O4/c1-5-16(24)21(4)9-15-11(2)8-22(12(3)10-23)18(25)14-6-13(19)7-20-17(14)26-15/h6-7,11-12,15,23H,5,8-10H2,1-4H3/t11-,12+,15-/m1/s1. The maximum atomic E-state index is 13.0. The van der Waals surface area contributed by atoms with Gasteiger partial charge in [-0.1, -0.05) is 13.8 Å². The zero-order chi connectivity index (χ0) is 19.4. The minimum atomic E-state index is -0.328. The number of carbonyl (C=O) groups excluding carboxylic acids is 2. The number of amides is 2. The normalized spacial score (nSPS) is 21.3. The number of rotatable bonds is 5. The van der Waals surface area contributed by atoms with Gasteiger partial charge in [-0.3, -0.25) is 9.59 Å². The van der Waals surface area contributed by atoms with Crippen molar-refractivity contribution in [3.05, 3.63) is 22.3 Å². The number of hydrogen-bond acceptors (Lipinski definition) is 5. The third-order valence-electron chi connectivity index (χ3n) is 4.67. The van der Waals surface area contributed by atoms with Crippen molar-refractivity contribution in [2.75, 3.05) is 26.7 Å². The zero-order valence-electron chi connectivity index (χ0n) is 15.6. The van der Waals surface area contributed by atoms with Gasteiger partial charge in [0.1, 0.15) is 11.7 Å². The lowest BCUT2D eigenvalue weighted by Gasteiger charge is -2.37. The Morgan fingerprint density at radius 1 is 1.58 bits per heavy atom. The molecular formula is C18H26BrN3O4. The number of nitrogens with zero attached hydrogens (tertiary/aromatic N) is 3. The van der Waals surface area contributed by atoms with Gasteiger partial charge in [0.15, 0.2) is 0 Å². The summed E-state index contributed by atoms with van der Waals surface area (Å²) in [5, 5.41) is 9.57. The fourth-order valence-electron chi connectivity index (χ4n) is 2.94. The summed E-state index contributed by atoms with van der Waals surface area (Å²) < 4.78 is 6.74. The number of halogens is 1. The molecule has 0 aliphatic carbocycles. The van der Waals surface area contributed by atoms with Crippen LogP contribution in [0.3, 0.4) is 0 Å². The highest BCUT2D eigenvalue weighted by molar-refractivity contribution is 9.10. The molecule has 1 N–H and O–H groups in total. The fraction of sp³-hybridized carbons (Fsp3) is 0.611. The molecule has 1 aromatic heterocycles. The van der Waals surface area contributed by atoms with Crippen molar-refractivity contribution in [1.82, 2.24) is 14.8 Å². The van der Waals surface area contributed by atoms with Crippen molar-refractivity contribution in [2.45, 2.75) is 39.3 Å². The summed E-state index contributed by atoms with van der Waals surface area (Å²) in [4.78, 5) is 32.5. The molecule has 2 amide bonds. The number of aliphatic hydroxyl groups excluding tert-OH is 1. The number of ether oxygens (including phenoxy) is 1. The average Bonchev–Trinajstić information content (AvgIpc) is 2.63. The molecular weight excluding hydrogens is 402 g/mol. The first-order chi connectivity index (χ1) is 12.3. The number of aromatic nitrogens is 1. The van der Waals surface area contributed by atoms with Gasteiger partial charge in [-0.25, -0.2) is 4.98 Å². The maximum Gasteiger partial charge on any atom is 0.259 e. The third-order valence-corrected chi connectivity index (χ3v) is 5.10. The second-order valence-corrected chi connectivity index (χ2v) is 7.67. The van der Waals surface area contributed by atoms with Crippen LogP contribution in [-0.2, 0) is 4.79 Å². The number of carbonyl (C=O) groups is 2. The molecule has 8 heteroatoms. The van der Waals surface area contributed by atoms with Crippen LogP contribution in [0.2, 0.25) is 0 Å². The summed E-state index contributed by atoms with van der Waals surface area (Å²) in [6, 6.07) is 1.35. The van der Waals surface area contributed by atoms with E-state index < -0.39 is 0 Å². The van der Waals surface area contributed by atoms with Crippen LogP contribution < -0.4 is 4.74 Å². The van der Waals surface area contributed by atoms with E-state index in [0.29, 0.717) is 29.5 Å². The Bertz CT molecular complexity index is 670. The van der Waals surface area contributed by atoms with E-state index in [1.54, 1.807) is 36.0 Å². The summed E-state index contributed by atoms with van der Waals surface area (Å²) in [5.74, 6) is 0.0167. The molecule has 7 nitrogen and oxygen atoms in total. The summed E-state index contributed by atoms with van der Waals surface area (Å²) in [6.45, 7) is 6.29. The molecule has 0 saturated carbocycles. The Labute approximate surface area is 162 Å². The van der Waals surface area contributed by atoms with Gasteiger partial charge in [-0.05, 0) is 28.9 Å². The van der Waals surface area contributed by atoms with Gasteiger partial charge in [0, 0.05) is 36.6 Å². The maximum absolute atomic E-state index is 13.0. The topological polar surface area (TPSA) is 83.0 Å². The highest BCUT2D eigenvalue weighted by atomic mass is 79.9. The number of hydrogen-bond donors (Lipinski definition) is 1. The summed E-state index contributed by atoms with van der Waals surface area (Å²) in [7, 11) is 1.75. The van der Waals surface area contributed by atoms with E-state index >= 15 is 0 Å². The molecule has 1 aliphatic heterocycles. The van der Waals surface area contributed by atoms with Gasteiger partial charge in [0.25, 0.3) is 5.91 Å². The average molecular weight is 428 g/mol. The molecule has 1 aliphatic rings. The molecule has 0 unspecified atom stereocenters. The van der Waals surface area contributed by atoms with E-state index in [1.807, 2.05) is 13.8 Å². The van der Waals surface area contributed by atoms with E-state index in [1.165, 1.54) is 0 Å². The second kappa shape index (κ2) is 8.81. The second-order valence-electron chi connectivity index (χ2n) is 6.76. The van der Waals surface area contributed by atoms with Crippen LogP contribution in [0, 0.1) is 5.92 Å². The van der Waals surface area contributed by atoms with E-state index in [0.717, 1.165) is 0 Å². The predicted molar refractivity (Wildman–Crippen MR) is 101 cm³/mol. The minimum absolute atomic E-state index is 0.0310. The fourth-order valence-corrected chi connectivity index (χ4v) is 3.27. The predicted octanol–water partition coefficient (Wildman–Crippen LogP) is 1.93. The van der Waals surface area contributed by atoms with Gasteiger partial charge in [-0.2, -0.15) is 0 Å². The molecule has 26 heavy (non-hydrogen) atoms. The van der Waals surface area contributed by atoms with E-state index in [4.69, 9.17) is 4.74 Å². The molecule has 2 heterocycles. The third kappa shape index (κ3) is 4.54. The molecule has 2 rings (SSSR count).